The van der Waals surface area contributed by atoms with Gasteiger partial charge in [-0.3, -0.25) is 0 Å². The zero-order chi connectivity index (χ0) is 18.6. The topological polar surface area (TPSA) is 73.0 Å². The zero-order valence-electron chi connectivity index (χ0n) is 16.1. The molecule has 3 aromatic rings. The summed E-state index contributed by atoms with van der Waals surface area (Å²) in [5, 5.41) is 4.55. The molecule has 1 saturated heterocycles. The lowest BCUT2D eigenvalue weighted by Gasteiger charge is -2.27. The normalized spacial score (nSPS) is 15.1. The van der Waals surface area contributed by atoms with E-state index in [9.17, 15) is 0 Å². The Morgan fingerprint density at radius 3 is 3.00 bits per heavy atom. The predicted octanol–water partition coefficient (Wildman–Crippen LogP) is 2.67. The van der Waals surface area contributed by atoms with Crippen molar-refractivity contribution >= 4 is 22.7 Å². The zero-order valence-corrected chi connectivity index (χ0v) is 16.1. The molecule has 0 aliphatic carbocycles. The first kappa shape index (κ1) is 17.7. The highest BCUT2D eigenvalue weighted by Gasteiger charge is 2.20. The minimum absolute atomic E-state index is 0.877. The molecule has 4 heterocycles. The number of H-pyrrole nitrogens is 1. The van der Waals surface area contributed by atoms with Crippen molar-refractivity contribution in [2.75, 3.05) is 49.6 Å². The first-order valence-electron chi connectivity index (χ1n) is 9.74. The van der Waals surface area contributed by atoms with Crippen LogP contribution in [0.25, 0.3) is 22.3 Å². The van der Waals surface area contributed by atoms with E-state index in [-0.39, 0.29) is 0 Å². The number of nitrogens with one attached hydrogen (secondary N) is 2. The highest BCUT2D eigenvalue weighted by atomic mass is 15.3. The van der Waals surface area contributed by atoms with Crippen LogP contribution in [0.5, 0.6) is 0 Å². The van der Waals surface area contributed by atoms with Gasteiger partial charge in [-0.15, -0.1) is 0 Å². The maximum atomic E-state index is 5.09. The number of hydrogen-bond donors (Lipinski definition) is 2. The molecule has 1 fully saturated rings. The lowest BCUT2D eigenvalue weighted by molar-refractivity contribution is 0.724. The summed E-state index contributed by atoms with van der Waals surface area (Å²) in [7, 11) is 2.10. The van der Waals surface area contributed by atoms with Gasteiger partial charge in [-0.05, 0) is 31.5 Å². The van der Waals surface area contributed by atoms with Gasteiger partial charge in [0.1, 0.15) is 5.65 Å². The molecule has 0 spiro atoms. The summed E-state index contributed by atoms with van der Waals surface area (Å²) in [5.41, 5.74) is 2.83. The van der Waals surface area contributed by atoms with E-state index < -0.39 is 0 Å². The summed E-state index contributed by atoms with van der Waals surface area (Å²) in [4.78, 5) is 22.1. The van der Waals surface area contributed by atoms with Gasteiger partial charge in [0, 0.05) is 56.6 Å². The highest BCUT2D eigenvalue weighted by Crippen LogP contribution is 2.31. The van der Waals surface area contributed by atoms with Crippen molar-refractivity contribution in [3.63, 3.8) is 0 Å². The molecule has 1 aliphatic heterocycles. The van der Waals surface area contributed by atoms with Crippen molar-refractivity contribution in [2.45, 2.75) is 19.8 Å². The molecule has 1 aliphatic rings. The Morgan fingerprint density at radius 1 is 1.19 bits per heavy atom. The van der Waals surface area contributed by atoms with Crippen molar-refractivity contribution in [3.05, 3.63) is 30.7 Å². The first-order valence-corrected chi connectivity index (χ1v) is 9.74. The molecule has 0 radical (unpaired) electrons. The summed E-state index contributed by atoms with van der Waals surface area (Å²) in [6.07, 6.45) is 7.82. The molecule has 7 nitrogen and oxygen atoms in total. The standard InChI is InChI=1S/C20H27N7/c1-3-11-26(2)19-20(27-12-4-7-21-10-13-27)25-17(14-24-19)15-5-8-22-18-16(15)6-9-23-18/h5-6,8-9,14,21H,3-4,7,10-13H2,1-2H3,(H,22,23). The fourth-order valence-corrected chi connectivity index (χ4v) is 3.67. The smallest absolute Gasteiger partial charge is 0.172 e. The van der Waals surface area contributed by atoms with Gasteiger partial charge in [0.05, 0.1) is 11.9 Å². The fraction of sp³-hybridized carbons (Fsp3) is 0.450. The van der Waals surface area contributed by atoms with Gasteiger partial charge in [0.2, 0.25) is 0 Å². The van der Waals surface area contributed by atoms with Crippen LogP contribution in [0.4, 0.5) is 11.6 Å². The van der Waals surface area contributed by atoms with Crippen LogP contribution in [-0.4, -0.2) is 59.7 Å². The Labute approximate surface area is 159 Å². The van der Waals surface area contributed by atoms with Crippen molar-refractivity contribution in [3.8, 4) is 11.3 Å². The van der Waals surface area contributed by atoms with E-state index in [4.69, 9.17) is 9.97 Å². The van der Waals surface area contributed by atoms with Crippen LogP contribution in [-0.2, 0) is 0 Å². The van der Waals surface area contributed by atoms with Crippen LogP contribution in [0.3, 0.4) is 0 Å². The second-order valence-electron chi connectivity index (χ2n) is 7.01. The molecule has 0 saturated carbocycles. The SMILES string of the molecule is CCCN(C)c1ncc(-c2ccnc3[nH]ccc23)nc1N1CCCNCC1. The van der Waals surface area contributed by atoms with E-state index in [1.54, 1.807) is 0 Å². The fourth-order valence-electron chi connectivity index (χ4n) is 3.67. The second kappa shape index (κ2) is 7.92. The molecular formula is C20H27N7. The molecule has 0 atom stereocenters. The summed E-state index contributed by atoms with van der Waals surface area (Å²) in [5.74, 6) is 1.94. The largest absolute Gasteiger partial charge is 0.357 e. The molecule has 4 rings (SSSR count). The van der Waals surface area contributed by atoms with E-state index >= 15 is 0 Å². The number of anilines is 2. The van der Waals surface area contributed by atoms with Gasteiger partial charge in [-0.2, -0.15) is 0 Å². The van der Waals surface area contributed by atoms with Crippen LogP contribution in [0.1, 0.15) is 19.8 Å². The number of pyridine rings is 1. The van der Waals surface area contributed by atoms with Crippen LogP contribution in [0, 0.1) is 0 Å². The van der Waals surface area contributed by atoms with E-state index in [0.717, 1.165) is 79.5 Å². The molecule has 0 unspecified atom stereocenters. The maximum absolute atomic E-state index is 5.09. The summed E-state index contributed by atoms with van der Waals surface area (Å²) in [6.45, 7) is 7.12. The Kier molecular flexibility index (Phi) is 5.20. The molecular weight excluding hydrogens is 338 g/mol. The molecule has 142 valence electrons. The average molecular weight is 365 g/mol. The van der Waals surface area contributed by atoms with Gasteiger partial charge >= 0.3 is 0 Å². The van der Waals surface area contributed by atoms with Crippen LogP contribution < -0.4 is 15.1 Å². The first-order chi connectivity index (χ1) is 13.3. The number of fused-ring (bicyclic) bond motifs is 1. The van der Waals surface area contributed by atoms with Crippen molar-refractivity contribution in [2.24, 2.45) is 0 Å². The Bertz CT molecular complexity index is 896. The number of nitrogens with zero attached hydrogens (tertiary/aromatic N) is 5. The van der Waals surface area contributed by atoms with Gasteiger partial charge in [-0.25, -0.2) is 15.0 Å². The van der Waals surface area contributed by atoms with Crippen LogP contribution in [0.2, 0.25) is 0 Å². The monoisotopic (exact) mass is 365 g/mol. The Morgan fingerprint density at radius 2 is 2.11 bits per heavy atom. The van der Waals surface area contributed by atoms with Gasteiger partial charge in [-0.1, -0.05) is 6.92 Å². The molecule has 2 N–H and O–H groups in total. The van der Waals surface area contributed by atoms with Crippen molar-refractivity contribution < 1.29 is 0 Å². The molecule has 27 heavy (non-hydrogen) atoms. The molecule has 0 aromatic carbocycles. The van der Waals surface area contributed by atoms with Gasteiger partial charge in [0.15, 0.2) is 11.6 Å². The average Bonchev–Trinajstić information content (AvgIpc) is 3.01. The summed E-state index contributed by atoms with van der Waals surface area (Å²) >= 11 is 0. The third-order valence-corrected chi connectivity index (χ3v) is 5.03. The highest BCUT2D eigenvalue weighted by molar-refractivity contribution is 5.92. The number of rotatable bonds is 5. The van der Waals surface area contributed by atoms with Gasteiger partial charge in [0.25, 0.3) is 0 Å². The third kappa shape index (κ3) is 3.60. The Balaban J connectivity index is 1.80. The molecule has 7 heteroatoms. The molecule has 0 amide bonds. The van der Waals surface area contributed by atoms with Gasteiger partial charge < -0.3 is 20.1 Å². The number of aromatic nitrogens is 4. The quantitative estimate of drug-likeness (QED) is 0.724. The minimum Gasteiger partial charge on any atom is -0.357 e. The van der Waals surface area contributed by atoms with E-state index in [0.29, 0.717) is 0 Å². The Hall–Kier alpha value is -2.67. The van der Waals surface area contributed by atoms with Crippen LogP contribution in [0.15, 0.2) is 30.7 Å². The molecule has 0 bridgehead atoms. The van der Waals surface area contributed by atoms with E-state index in [1.165, 1.54) is 0 Å². The summed E-state index contributed by atoms with van der Waals surface area (Å²) in [6, 6.07) is 4.06. The minimum atomic E-state index is 0.877. The maximum Gasteiger partial charge on any atom is 0.172 e. The van der Waals surface area contributed by atoms with Crippen LogP contribution >= 0.6 is 0 Å². The second-order valence-corrected chi connectivity index (χ2v) is 7.01. The predicted molar refractivity (Wildman–Crippen MR) is 110 cm³/mol. The van der Waals surface area contributed by atoms with E-state index in [2.05, 4.69) is 39.1 Å². The van der Waals surface area contributed by atoms with Crippen molar-refractivity contribution in [1.82, 2.24) is 25.3 Å². The number of hydrogen-bond acceptors (Lipinski definition) is 6. The van der Waals surface area contributed by atoms with Crippen molar-refractivity contribution in [1.29, 1.82) is 0 Å². The lowest BCUT2D eigenvalue weighted by atomic mass is 10.1. The van der Waals surface area contributed by atoms with E-state index in [1.807, 2.05) is 30.7 Å². The summed E-state index contributed by atoms with van der Waals surface area (Å²) < 4.78 is 0. The number of aromatic amines is 1. The molecule has 3 aromatic heterocycles. The lowest BCUT2D eigenvalue weighted by Crippen LogP contribution is -2.31. The third-order valence-electron chi connectivity index (χ3n) is 5.03.